The molecule has 0 unspecified atom stereocenters. The third-order valence-electron chi connectivity index (χ3n) is 6.66. The number of para-hydroxylation sites is 1. The highest BCUT2D eigenvalue weighted by molar-refractivity contribution is 6.05. The number of carbonyl (C=O) groups excluding carboxylic acids is 3. The zero-order chi connectivity index (χ0) is 20.2. The van der Waals surface area contributed by atoms with Crippen LogP contribution in [0.15, 0.2) is 24.3 Å². The Balaban J connectivity index is 1.39. The smallest absolute Gasteiger partial charge is 0.253 e. The van der Waals surface area contributed by atoms with Crippen LogP contribution in [0.4, 0.5) is 5.69 Å². The highest BCUT2D eigenvalue weighted by Gasteiger charge is 2.38. The van der Waals surface area contributed by atoms with E-state index in [0.29, 0.717) is 23.8 Å². The topological polar surface area (TPSA) is 78.5 Å². The summed E-state index contributed by atoms with van der Waals surface area (Å²) in [5.41, 5.74) is 1.01. The summed E-state index contributed by atoms with van der Waals surface area (Å²) >= 11 is 0. The van der Waals surface area contributed by atoms with Crippen LogP contribution in [0, 0.1) is 5.92 Å². The maximum absolute atomic E-state index is 12.9. The lowest BCUT2D eigenvalue weighted by Gasteiger charge is -2.24. The Morgan fingerprint density at radius 3 is 2.38 bits per heavy atom. The maximum Gasteiger partial charge on any atom is 0.253 e. The first-order valence-electron chi connectivity index (χ1n) is 11.1. The van der Waals surface area contributed by atoms with Crippen LogP contribution in [0.25, 0.3) is 0 Å². The van der Waals surface area contributed by atoms with E-state index in [2.05, 4.69) is 10.6 Å². The van der Waals surface area contributed by atoms with Crippen molar-refractivity contribution in [2.45, 2.75) is 76.3 Å². The van der Waals surface area contributed by atoms with Gasteiger partial charge in [-0.2, -0.15) is 0 Å². The molecule has 6 heteroatoms. The summed E-state index contributed by atoms with van der Waals surface area (Å²) in [5.74, 6) is -0.572. The maximum atomic E-state index is 12.9. The molecule has 0 radical (unpaired) electrons. The van der Waals surface area contributed by atoms with Gasteiger partial charge in [-0.1, -0.05) is 44.2 Å². The molecule has 2 N–H and O–H groups in total. The normalized spacial score (nSPS) is 23.4. The van der Waals surface area contributed by atoms with Gasteiger partial charge < -0.3 is 15.5 Å². The third-order valence-corrected chi connectivity index (χ3v) is 6.66. The molecule has 156 valence electrons. The van der Waals surface area contributed by atoms with Crippen molar-refractivity contribution in [1.82, 2.24) is 10.2 Å². The number of benzene rings is 1. The predicted molar refractivity (Wildman–Crippen MR) is 111 cm³/mol. The highest BCUT2D eigenvalue weighted by atomic mass is 16.2. The first-order chi connectivity index (χ1) is 14.1. The Labute approximate surface area is 172 Å². The van der Waals surface area contributed by atoms with Gasteiger partial charge in [0, 0.05) is 25.0 Å². The fraction of sp³-hybridized carbons (Fsp3) is 0.609. The van der Waals surface area contributed by atoms with Gasteiger partial charge in [-0.05, 0) is 37.8 Å². The fourth-order valence-electron chi connectivity index (χ4n) is 5.01. The number of amides is 3. The van der Waals surface area contributed by atoms with Gasteiger partial charge in [-0.15, -0.1) is 0 Å². The highest BCUT2D eigenvalue weighted by Crippen LogP contribution is 2.30. The minimum atomic E-state index is -0.349. The summed E-state index contributed by atoms with van der Waals surface area (Å²) < 4.78 is 0. The SMILES string of the molecule is O=C(NC1CCCCC1)c1ccccc1NC(=O)[C@H]1CC(=O)N(C2CCCC2)C1. The molecule has 1 saturated heterocycles. The molecule has 2 aliphatic carbocycles. The first kappa shape index (κ1) is 19.9. The molecule has 0 spiro atoms. The molecule has 0 aromatic heterocycles. The van der Waals surface area contributed by atoms with Crippen molar-refractivity contribution in [3.63, 3.8) is 0 Å². The summed E-state index contributed by atoms with van der Waals surface area (Å²) in [4.78, 5) is 40.0. The van der Waals surface area contributed by atoms with Crippen molar-refractivity contribution in [3.8, 4) is 0 Å². The van der Waals surface area contributed by atoms with Gasteiger partial charge in [-0.3, -0.25) is 14.4 Å². The van der Waals surface area contributed by atoms with Crippen LogP contribution >= 0.6 is 0 Å². The van der Waals surface area contributed by atoms with Gasteiger partial charge >= 0.3 is 0 Å². The molecule has 3 amide bonds. The summed E-state index contributed by atoms with van der Waals surface area (Å²) in [6, 6.07) is 7.66. The Morgan fingerprint density at radius 2 is 1.62 bits per heavy atom. The molecular formula is C23H31N3O3. The summed E-state index contributed by atoms with van der Waals surface area (Å²) in [5, 5.41) is 6.04. The lowest BCUT2D eigenvalue weighted by atomic mass is 9.95. The Bertz CT molecular complexity index is 766. The van der Waals surface area contributed by atoms with E-state index >= 15 is 0 Å². The number of rotatable bonds is 5. The second kappa shape index (κ2) is 8.97. The number of hydrogen-bond donors (Lipinski definition) is 2. The summed E-state index contributed by atoms with van der Waals surface area (Å²) in [6.45, 7) is 0.492. The van der Waals surface area contributed by atoms with E-state index in [1.54, 1.807) is 12.1 Å². The van der Waals surface area contributed by atoms with Crippen LogP contribution in [0.2, 0.25) is 0 Å². The Hall–Kier alpha value is -2.37. The van der Waals surface area contributed by atoms with E-state index in [9.17, 15) is 14.4 Å². The van der Waals surface area contributed by atoms with Gasteiger partial charge in [0.1, 0.15) is 0 Å². The van der Waals surface area contributed by atoms with Crippen LogP contribution in [0.3, 0.4) is 0 Å². The molecule has 1 aliphatic heterocycles. The molecule has 1 aromatic rings. The van der Waals surface area contributed by atoms with Gasteiger partial charge in [0.25, 0.3) is 5.91 Å². The molecule has 29 heavy (non-hydrogen) atoms. The number of nitrogens with one attached hydrogen (secondary N) is 2. The fourth-order valence-corrected chi connectivity index (χ4v) is 5.01. The number of hydrogen-bond acceptors (Lipinski definition) is 3. The summed E-state index contributed by atoms with van der Waals surface area (Å²) in [6.07, 6.45) is 10.2. The lowest BCUT2D eigenvalue weighted by Crippen LogP contribution is -2.37. The molecule has 1 atom stereocenters. The average Bonchev–Trinajstić information content (AvgIpc) is 3.38. The first-order valence-corrected chi connectivity index (χ1v) is 11.1. The molecule has 6 nitrogen and oxygen atoms in total. The summed E-state index contributed by atoms with van der Waals surface area (Å²) in [7, 11) is 0. The van der Waals surface area contributed by atoms with Crippen LogP contribution in [0.1, 0.15) is 74.6 Å². The van der Waals surface area contributed by atoms with Crippen LogP contribution < -0.4 is 10.6 Å². The predicted octanol–water partition coefficient (Wildman–Crippen LogP) is 3.48. The quantitative estimate of drug-likeness (QED) is 0.798. The average molecular weight is 398 g/mol. The Morgan fingerprint density at radius 1 is 0.931 bits per heavy atom. The van der Waals surface area contributed by atoms with Gasteiger partial charge in [-0.25, -0.2) is 0 Å². The molecule has 0 bridgehead atoms. The van der Waals surface area contributed by atoms with Gasteiger partial charge in [0.05, 0.1) is 17.2 Å². The van der Waals surface area contributed by atoms with E-state index in [4.69, 9.17) is 0 Å². The minimum Gasteiger partial charge on any atom is -0.349 e. The second-order valence-corrected chi connectivity index (χ2v) is 8.73. The van der Waals surface area contributed by atoms with E-state index in [0.717, 1.165) is 51.4 Å². The van der Waals surface area contributed by atoms with Gasteiger partial charge in [0.2, 0.25) is 11.8 Å². The molecule has 3 aliphatic rings. The van der Waals surface area contributed by atoms with Crippen molar-refractivity contribution < 1.29 is 14.4 Å². The van der Waals surface area contributed by atoms with Crippen LogP contribution in [0.5, 0.6) is 0 Å². The van der Waals surface area contributed by atoms with E-state index in [1.165, 1.54) is 6.42 Å². The molecule has 1 heterocycles. The van der Waals surface area contributed by atoms with Crippen molar-refractivity contribution in [2.24, 2.45) is 5.92 Å². The number of carbonyl (C=O) groups is 3. The monoisotopic (exact) mass is 397 g/mol. The molecule has 3 fully saturated rings. The van der Waals surface area contributed by atoms with E-state index in [-0.39, 0.29) is 36.1 Å². The zero-order valence-electron chi connectivity index (χ0n) is 17.0. The van der Waals surface area contributed by atoms with Crippen molar-refractivity contribution >= 4 is 23.4 Å². The van der Waals surface area contributed by atoms with E-state index < -0.39 is 0 Å². The Kier molecular flexibility index (Phi) is 6.16. The number of nitrogens with zero attached hydrogens (tertiary/aromatic N) is 1. The standard InChI is InChI=1S/C23H31N3O3/c27-21-14-16(15-26(21)18-10-4-5-11-18)22(28)25-20-13-7-6-12-19(20)23(29)24-17-8-2-1-3-9-17/h6-7,12-13,16-18H,1-5,8-11,14-15H2,(H,24,29)(H,25,28)/t16-/m0/s1. The molecular weight excluding hydrogens is 366 g/mol. The van der Waals surface area contributed by atoms with Crippen LogP contribution in [-0.4, -0.2) is 41.2 Å². The zero-order valence-corrected chi connectivity index (χ0v) is 17.0. The van der Waals surface area contributed by atoms with Crippen molar-refractivity contribution in [2.75, 3.05) is 11.9 Å². The number of likely N-dealkylation sites (tertiary alicyclic amines) is 1. The lowest BCUT2D eigenvalue weighted by molar-refractivity contribution is -0.129. The number of anilines is 1. The molecule has 4 rings (SSSR count). The molecule has 1 aromatic carbocycles. The molecule has 2 saturated carbocycles. The third kappa shape index (κ3) is 4.62. The second-order valence-electron chi connectivity index (χ2n) is 8.73. The largest absolute Gasteiger partial charge is 0.349 e. The van der Waals surface area contributed by atoms with Crippen molar-refractivity contribution in [1.29, 1.82) is 0 Å². The van der Waals surface area contributed by atoms with Gasteiger partial charge in [0.15, 0.2) is 0 Å². The van der Waals surface area contributed by atoms with Crippen molar-refractivity contribution in [3.05, 3.63) is 29.8 Å². The van der Waals surface area contributed by atoms with Crippen LogP contribution in [-0.2, 0) is 9.59 Å². The van der Waals surface area contributed by atoms with E-state index in [1.807, 2.05) is 17.0 Å². The minimum absolute atomic E-state index is 0.0837.